The average molecular weight is 473 g/mol. The first-order valence-corrected chi connectivity index (χ1v) is 11.2. The summed E-state index contributed by atoms with van der Waals surface area (Å²) in [7, 11) is -2.18. The van der Waals surface area contributed by atoms with E-state index < -0.39 is 14.9 Å². The van der Waals surface area contributed by atoms with E-state index in [-0.39, 0.29) is 27.1 Å². The highest BCUT2D eigenvalue weighted by atomic mass is 35.5. The molecule has 0 atom stereocenters. The lowest BCUT2D eigenvalue weighted by Crippen LogP contribution is -2.12. The van der Waals surface area contributed by atoms with Crippen LogP contribution in [0, 0.1) is 10.1 Å². The molecule has 0 aliphatic rings. The number of nitro benzene ring substituents is 1. The Morgan fingerprint density at radius 3 is 2.72 bits per heavy atom. The maximum Gasteiger partial charge on any atom is 0.311 e. The SMILES string of the molecule is CNCc1cn(S(=O)(=O)c2cccnc2)c2cc(Oc3cc(Cl)ccc3[N+](=O)[O-])ccc12. The maximum absolute atomic E-state index is 13.3. The Hall–Kier alpha value is -3.47. The van der Waals surface area contributed by atoms with Gasteiger partial charge in [-0.15, -0.1) is 0 Å². The molecule has 0 unspecified atom stereocenters. The first kappa shape index (κ1) is 21.8. The van der Waals surface area contributed by atoms with Crippen LogP contribution in [0.2, 0.25) is 5.02 Å². The van der Waals surface area contributed by atoms with Crippen molar-refractivity contribution in [3.8, 4) is 11.5 Å². The van der Waals surface area contributed by atoms with Crippen LogP contribution >= 0.6 is 11.6 Å². The lowest BCUT2D eigenvalue weighted by atomic mass is 10.1. The van der Waals surface area contributed by atoms with Gasteiger partial charge < -0.3 is 10.1 Å². The minimum atomic E-state index is -3.94. The third-order valence-corrected chi connectivity index (χ3v) is 6.62. The van der Waals surface area contributed by atoms with Gasteiger partial charge >= 0.3 is 5.69 Å². The smallest absolute Gasteiger partial charge is 0.311 e. The molecule has 0 radical (unpaired) electrons. The van der Waals surface area contributed by atoms with Gasteiger partial charge in [0.05, 0.1) is 10.4 Å². The van der Waals surface area contributed by atoms with Crippen LogP contribution in [0.15, 0.2) is 72.0 Å². The zero-order chi connectivity index (χ0) is 22.9. The average Bonchev–Trinajstić information content (AvgIpc) is 3.13. The zero-order valence-electron chi connectivity index (χ0n) is 16.7. The lowest BCUT2D eigenvalue weighted by molar-refractivity contribution is -0.385. The molecule has 0 spiro atoms. The topological polar surface area (TPSA) is 116 Å². The second-order valence-corrected chi connectivity index (χ2v) is 9.08. The number of nitro groups is 1. The van der Waals surface area contributed by atoms with Crippen LogP contribution in [-0.2, 0) is 16.6 Å². The number of fused-ring (bicyclic) bond motifs is 1. The highest BCUT2D eigenvalue weighted by Gasteiger charge is 2.23. The molecule has 1 N–H and O–H groups in total. The van der Waals surface area contributed by atoms with Crippen molar-refractivity contribution in [3.63, 3.8) is 0 Å². The van der Waals surface area contributed by atoms with E-state index in [0.717, 1.165) is 9.54 Å². The van der Waals surface area contributed by atoms with E-state index in [4.69, 9.17) is 16.3 Å². The molecule has 4 aromatic rings. The van der Waals surface area contributed by atoms with Crippen molar-refractivity contribution < 1.29 is 18.1 Å². The molecule has 4 rings (SSSR count). The fraction of sp³-hybridized carbons (Fsp3) is 0.0952. The Kier molecular flexibility index (Phi) is 5.83. The van der Waals surface area contributed by atoms with Crippen molar-refractivity contribution in [1.29, 1.82) is 0 Å². The fourth-order valence-electron chi connectivity index (χ4n) is 3.30. The van der Waals surface area contributed by atoms with Gasteiger partial charge in [-0.3, -0.25) is 15.1 Å². The number of ether oxygens (including phenoxy) is 1. The van der Waals surface area contributed by atoms with Crippen molar-refractivity contribution >= 4 is 38.2 Å². The third-order valence-electron chi connectivity index (χ3n) is 4.73. The van der Waals surface area contributed by atoms with E-state index in [1.807, 2.05) is 0 Å². The standard InChI is InChI=1S/C21H17ClN4O5S/c1-23-11-14-13-25(32(29,30)17-3-2-8-24-12-17)20-10-16(5-6-18(14)20)31-21-9-15(22)4-7-19(21)26(27)28/h2-10,12-13,23H,11H2,1H3. The number of hydrogen-bond acceptors (Lipinski definition) is 7. The predicted octanol–water partition coefficient (Wildman–Crippen LogP) is 4.35. The van der Waals surface area contributed by atoms with E-state index in [2.05, 4.69) is 10.3 Å². The van der Waals surface area contributed by atoms with Crippen LogP contribution in [0.5, 0.6) is 11.5 Å². The van der Waals surface area contributed by atoms with Crippen molar-refractivity contribution in [3.05, 3.63) is 87.8 Å². The Bertz CT molecular complexity index is 1420. The van der Waals surface area contributed by atoms with Gasteiger partial charge in [-0.1, -0.05) is 11.6 Å². The van der Waals surface area contributed by atoms with Crippen LogP contribution in [0.1, 0.15) is 5.56 Å². The molecule has 0 fully saturated rings. The van der Waals surface area contributed by atoms with E-state index >= 15 is 0 Å². The van der Waals surface area contributed by atoms with Gasteiger partial charge in [-0.2, -0.15) is 0 Å². The number of aromatic nitrogens is 2. The maximum atomic E-state index is 13.3. The summed E-state index contributed by atoms with van der Waals surface area (Å²) in [6.07, 6.45) is 4.30. The van der Waals surface area contributed by atoms with E-state index in [0.29, 0.717) is 17.4 Å². The molecule has 0 aliphatic carbocycles. The minimum Gasteiger partial charge on any atom is -0.450 e. The molecule has 0 bridgehead atoms. The summed E-state index contributed by atoms with van der Waals surface area (Å²) in [5, 5.41) is 15.3. The van der Waals surface area contributed by atoms with Gasteiger partial charge in [0, 0.05) is 53.7 Å². The Morgan fingerprint density at radius 1 is 1.22 bits per heavy atom. The second kappa shape index (κ2) is 8.58. The molecule has 0 aliphatic heterocycles. The van der Waals surface area contributed by atoms with Crippen molar-refractivity contribution in [2.45, 2.75) is 11.4 Å². The number of pyridine rings is 1. The normalized spacial score (nSPS) is 11.6. The molecule has 0 saturated heterocycles. The molecule has 32 heavy (non-hydrogen) atoms. The van der Waals surface area contributed by atoms with Crippen LogP contribution in [-0.4, -0.2) is 29.3 Å². The van der Waals surface area contributed by atoms with Crippen molar-refractivity contribution in [2.75, 3.05) is 7.05 Å². The molecule has 2 aromatic heterocycles. The molecule has 0 saturated carbocycles. The molecule has 164 valence electrons. The van der Waals surface area contributed by atoms with Gasteiger partial charge in [-0.05, 0) is 42.9 Å². The summed E-state index contributed by atoms with van der Waals surface area (Å²) in [5.74, 6) is 0.171. The first-order valence-electron chi connectivity index (χ1n) is 9.37. The largest absolute Gasteiger partial charge is 0.450 e. The van der Waals surface area contributed by atoms with Crippen LogP contribution in [0.25, 0.3) is 10.9 Å². The molecule has 0 amide bonds. The summed E-state index contributed by atoms with van der Waals surface area (Å²) in [6.45, 7) is 0.437. The number of rotatable bonds is 7. The Balaban J connectivity index is 1.86. The number of nitrogens with zero attached hydrogens (tertiary/aromatic N) is 3. The quantitative estimate of drug-likeness (QED) is 0.314. The van der Waals surface area contributed by atoms with Crippen molar-refractivity contribution in [1.82, 2.24) is 14.3 Å². The molecule has 9 nitrogen and oxygen atoms in total. The van der Waals surface area contributed by atoms with Gasteiger partial charge in [-0.25, -0.2) is 12.4 Å². The first-order chi connectivity index (χ1) is 15.3. The monoisotopic (exact) mass is 472 g/mol. The lowest BCUT2D eigenvalue weighted by Gasteiger charge is -2.10. The van der Waals surface area contributed by atoms with E-state index in [1.54, 1.807) is 25.2 Å². The minimum absolute atomic E-state index is 0.0321. The highest BCUT2D eigenvalue weighted by Crippen LogP contribution is 2.36. The number of hydrogen-bond donors (Lipinski definition) is 1. The Morgan fingerprint density at radius 2 is 2.03 bits per heavy atom. The van der Waals surface area contributed by atoms with Gasteiger partial charge in [0.1, 0.15) is 10.6 Å². The number of nitrogens with one attached hydrogen (secondary N) is 1. The molecule has 2 heterocycles. The third kappa shape index (κ3) is 4.03. The predicted molar refractivity (Wildman–Crippen MR) is 120 cm³/mol. The van der Waals surface area contributed by atoms with Crippen LogP contribution in [0.4, 0.5) is 5.69 Å². The molecular formula is C21H17ClN4O5S. The van der Waals surface area contributed by atoms with Crippen LogP contribution in [0.3, 0.4) is 0 Å². The van der Waals surface area contributed by atoms with E-state index in [9.17, 15) is 18.5 Å². The number of benzene rings is 2. The summed E-state index contributed by atoms with van der Waals surface area (Å²) < 4.78 is 33.5. The summed E-state index contributed by atoms with van der Waals surface area (Å²) in [6, 6.07) is 11.8. The summed E-state index contributed by atoms with van der Waals surface area (Å²) in [4.78, 5) is 14.7. The van der Waals surface area contributed by atoms with Crippen molar-refractivity contribution in [2.24, 2.45) is 0 Å². The zero-order valence-corrected chi connectivity index (χ0v) is 18.3. The fourth-order valence-corrected chi connectivity index (χ4v) is 4.81. The molecule has 2 aromatic carbocycles. The highest BCUT2D eigenvalue weighted by molar-refractivity contribution is 7.90. The summed E-state index contributed by atoms with van der Waals surface area (Å²) in [5.41, 5.74) is 0.861. The van der Waals surface area contributed by atoms with Gasteiger partial charge in [0.25, 0.3) is 10.0 Å². The number of halogens is 1. The molecule has 11 heteroatoms. The van der Waals surface area contributed by atoms with Crippen LogP contribution < -0.4 is 10.1 Å². The second-order valence-electron chi connectivity index (χ2n) is 6.82. The van der Waals surface area contributed by atoms with E-state index in [1.165, 1.54) is 48.9 Å². The molecular weight excluding hydrogens is 456 g/mol. The Labute approximate surface area is 188 Å². The van der Waals surface area contributed by atoms with Gasteiger partial charge in [0.2, 0.25) is 5.75 Å². The summed E-state index contributed by atoms with van der Waals surface area (Å²) >= 11 is 5.97. The van der Waals surface area contributed by atoms with Gasteiger partial charge in [0.15, 0.2) is 0 Å².